The number of rotatable bonds is 5. The first kappa shape index (κ1) is 17.9. The molecule has 0 bridgehead atoms. The van der Waals surface area contributed by atoms with Gasteiger partial charge < -0.3 is 10.4 Å². The lowest BCUT2D eigenvalue weighted by Gasteiger charge is -2.17. The summed E-state index contributed by atoms with van der Waals surface area (Å²) in [7, 11) is 0. The maximum atomic E-state index is 12.4. The Bertz CT molecular complexity index is 745. The van der Waals surface area contributed by atoms with Crippen LogP contribution in [0.15, 0.2) is 29.0 Å². The number of aliphatic carboxylic acids is 1. The second-order valence-corrected chi connectivity index (χ2v) is 5.81. The topological polar surface area (TPSA) is 79.3 Å². The quantitative estimate of drug-likeness (QED) is 0.860. The average molecular weight is 358 g/mol. The number of nitrogens with zero attached hydrogens (tertiary/aromatic N) is 1. The molecular weight excluding hydrogens is 345 g/mol. The highest BCUT2D eigenvalue weighted by Gasteiger charge is 2.36. The van der Waals surface area contributed by atoms with Crippen molar-refractivity contribution in [2.45, 2.75) is 25.6 Å². The van der Waals surface area contributed by atoms with Gasteiger partial charge in [0.25, 0.3) is 5.91 Å². The van der Waals surface area contributed by atoms with Gasteiger partial charge in [-0.1, -0.05) is 0 Å². The van der Waals surface area contributed by atoms with E-state index in [4.69, 9.17) is 5.11 Å². The molecule has 0 aliphatic carbocycles. The minimum Gasteiger partial charge on any atom is -0.480 e. The van der Waals surface area contributed by atoms with E-state index in [0.717, 1.165) is 5.56 Å². The van der Waals surface area contributed by atoms with Gasteiger partial charge in [0.2, 0.25) is 0 Å². The van der Waals surface area contributed by atoms with E-state index < -0.39 is 30.5 Å². The third-order valence-corrected chi connectivity index (χ3v) is 3.87. The summed E-state index contributed by atoms with van der Waals surface area (Å²) in [4.78, 5) is 27.2. The van der Waals surface area contributed by atoms with E-state index >= 15 is 0 Å². The largest absolute Gasteiger partial charge is 0.480 e. The molecule has 128 valence electrons. The summed E-state index contributed by atoms with van der Waals surface area (Å²) in [6.45, 7) is 1.53. The van der Waals surface area contributed by atoms with Crippen molar-refractivity contribution in [1.29, 1.82) is 0 Å². The Morgan fingerprint density at radius 1 is 1.33 bits per heavy atom. The van der Waals surface area contributed by atoms with Crippen molar-refractivity contribution >= 4 is 23.2 Å². The van der Waals surface area contributed by atoms with Crippen LogP contribution in [-0.2, 0) is 4.79 Å². The maximum absolute atomic E-state index is 12.4. The van der Waals surface area contributed by atoms with Gasteiger partial charge in [0.15, 0.2) is 0 Å². The summed E-state index contributed by atoms with van der Waals surface area (Å²) in [5.41, 5.74) is 1.81. The first-order chi connectivity index (χ1) is 11.2. The fraction of sp³-hybridized carbons (Fsp3) is 0.267. The number of aryl methyl sites for hydroxylation is 1. The molecule has 0 aliphatic heterocycles. The van der Waals surface area contributed by atoms with E-state index in [1.807, 2.05) is 22.1 Å². The lowest BCUT2D eigenvalue weighted by molar-refractivity contribution is -0.157. The number of aromatic nitrogens is 1. The number of hydrogen-bond donors (Lipinski definition) is 2. The highest BCUT2D eigenvalue weighted by molar-refractivity contribution is 7.08. The lowest BCUT2D eigenvalue weighted by atomic mass is 10.1. The molecule has 9 heteroatoms. The number of carbonyl (C=O) groups excluding carboxylic acids is 1. The third-order valence-electron chi connectivity index (χ3n) is 3.19. The fourth-order valence-electron chi connectivity index (χ4n) is 2.04. The summed E-state index contributed by atoms with van der Waals surface area (Å²) in [5.74, 6) is -2.66. The summed E-state index contributed by atoms with van der Waals surface area (Å²) in [5, 5.41) is 14.5. The van der Waals surface area contributed by atoms with Gasteiger partial charge in [-0.15, -0.1) is 0 Å². The standard InChI is InChI=1S/C15H13F3N2O3S/c1-8-10(2-3-11(19-8)9-4-5-24-7-9)13(21)20-12(14(22)23)6-15(16,17)18/h2-5,7,12H,6H2,1H3,(H,20,21)(H,22,23). The number of pyridine rings is 1. The SMILES string of the molecule is Cc1nc(-c2ccsc2)ccc1C(=O)NC(CC(F)(F)F)C(=O)O. The number of amides is 1. The van der Waals surface area contributed by atoms with Crippen molar-refractivity contribution in [3.63, 3.8) is 0 Å². The molecular formula is C15H13F3N2O3S. The van der Waals surface area contributed by atoms with Gasteiger partial charge in [-0.05, 0) is 30.5 Å². The van der Waals surface area contributed by atoms with Crippen LogP contribution in [0, 0.1) is 6.92 Å². The van der Waals surface area contributed by atoms with Crippen molar-refractivity contribution in [2.75, 3.05) is 0 Å². The van der Waals surface area contributed by atoms with Gasteiger partial charge >= 0.3 is 12.1 Å². The third kappa shape index (κ3) is 4.54. The normalized spacial score (nSPS) is 12.7. The molecule has 2 aromatic heterocycles. The van der Waals surface area contributed by atoms with Crippen molar-refractivity contribution < 1.29 is 27.9 Å². The number of hydrogen-bond acceptors (Lipinski definition) is 4. The van der Waals surface area contributed by atoms with Crippen LogP contribution in [0.3, 0.4) is 0 Å². The Balaban J connectivity index is 2.18. The molecule has 1 amide bonds. The van der Waals surface area contributed by atoms with Crippen LogP contribution >= 0.6 is 11.3 Å². The zero-order valence-electron chi connectivity index (χ0n) is 12.4. The molecule has 0 radical (unpaired) electrons. The summed E-state index contributed by atoms with van der Waals surface area (Å²) in [6, 6.07) is 2.77. The first-order valence-electron chi connectivity index (χ1n) is 6.78. The first-order valence-corrected chi connectivity index (χ1v) is 7.72. The second kappa shape index (κ2) is 7.00. The number of alkyl halides is 3. The van der Waals surface area contributed by atoms with E-state index in [1.54, 1.807) is 6.07 Å². The Kier molecular flexibility index (Phi) is 5.23. The number of carbonyl (C=O) groups is 2. The second-order valence-electron chi connectivity index (χ2n) is 5.03. The number of thiophene rings is 1. The molecule has 2 aromatic rings. The highest BCUT2D eigenvalue weighted by atomic mass is 32.1. The van der Waals surface area contributed by atoms with Crippen LogP contribution in [0.4, 0.5) is 13.2 Å². The fourth-order valence-corrected chi connectivity index (χ4v) is 2.69. The number of carboxylic acids is 1. The van der Waals surface area contributed by atoms with Crippen LogP contribution in [0.2, 0.25) is 0 Å². The molecule has 5 nitrogen and oxygen atoms in total. The number of nitrogens with one attached hydrogen (secondary N) is 1. The van der Waals surface area contributed by atoms with E-state index in [-0.39, 0.29) is 5.56 Å². The Hall–Kier alpha value is -2.42. The molecule has 0 saturated heterocycles. The van der Waals surface area contributed by atoms with Crippen molar-refractivity contribution in [3.05, 3.63) is 40.2 Å². The van der Waals surface area contributed by atoms with Gasteiger partial charge in [-0.3, -0.25) is 9.78 Å². The van der Waals surface area contributed by atoms with Crippen molar-refractivity contribution in [2.24, 2.45) is 0 Å². The van der Waals surface area contributed by atoms with Crippen LogP contribution in [-0.4, -0.2) is 34.2 Å². The average Bonchev–Trinajstić information content (AvgIpc) is 2.98. The van der Waals surface area contributed by atoms with Crippen LogP contribution in [0.1, 0.15) is 22.5 Å². The van der Waals surface area contributed by atoms with Gasteiger partial charge in [-0.25, -0.2) is 4.79 Å². The molecule has 24 heavy (non-hydrogen) atoms. The predicted molar refractivity (Wildman–Crippen MR) is 81.8 cm³/mol. The highest BCUT2D eigenvalue weighted by Crippen LogP contribution is 2.23. The summed E-state index contributed by atoms with van der Waals surface area (Å²) < 4.78 is 37.1. The van der Waals surface area contributed by atoms with Crippen molar-refractivity contribution in [3.8, 4) is 11.3 Å². The molecule has 0 aliphatic rings. The summed E-state index contributed by atoms with van der Waals surface area (Å²) in [6.07, 6.45) is -6.35. The molecule has 0 saturated carbocycles. The molecule has 2 heterocycles. The van der Waals surface area contributed by atoms with Gasteiger partial charge in [0, 0.05) is 10.9 Å². The van der Waals surface area contributed by atoms with Gasteiger partial charge in [0.1, 0.15) is 6.04 Å². The van der Waals surface area contributed by atoms with Gasteiger partial charge in [-0.2, -0.15) is 24.5 Å². The molecule has 0 fully saturated rings. The minimum absolute atomic E-state index is 0.0300. The van der Waals surface area contributed by atoms with E-state index in [2.05, 4.69) is 4.98 Å². The van der Waals surface area contributed by atoms with Crippen LogP contribution < -0.4 is 5.32 Å². The molecule has 2 N–H and O–H groups in total. The number of carboxylic acid groups (broad SMARTS) is 1. The maximum Gasteiger partial charge on any atom is 0.391 e. The van der Waals surface area contributed by atoms with E-state index in [0.29, 0.717) is 11.4 Å². The van der Waals surface area contributed by atoms with E-state index in [1.165, 1.54) is 24.3 Å². The summed E-state index contributed by atoms with van der Waals surface area (Å²) >= 11 is 1.48. The Labute approximate surface area is 139 Å². The molecule has 2 rings (SSSR count). The smallest absolute Gasteiger partial charge is 0.391 e. The van der Waals surface area contributed by atoms with E-state index in [9.17, 15) is 22.8 Å². The zero-order chi connectivity index (χ0) is 17.9. The number of halogens is 3. The molecule has 1 atom stereocenters. The predicted octanol–water partition coefficient (Wildman–Crippen LogP) is 3.25. The van der Waals surface area contributed by atoms with Crippen molar-refractivity contribution in [1.82, 2.24) is 10.3 Å². The molecule has 1 unspecified atom stereocenters. The molecule has 0 spiro atoms. The monoisotopic (exact) mass is 358 g/mol. The Morgan fingerprint density at radius 3 is 2.54 bits per heavy atom. The van der Waals surface area contributed by atoms with Crippen LogP contribution in [0.25, 0.3) is 11.3 Å². The minimum atomic E-state index is -4.70. The van der Waals surface area contributed by atoms with Crippen LogP contribution in [0.5, 0.6) is 0 Å². The lowest BCUT2D eigenvalue weighted by Crippen LogP contribution is -2.43. The Morgan fingerprint density at radius 2 is 2.04 bits per heavy atom. The zero-order valence-corrected chi connectivity index (χ0v) is 13.2. The molecule has 0 aromatic carbocycles. The van der Waals surface area contributed by atoms with Gasteiger partial charge in [0.05, 0.1) is 23.4 Å².